The first-order chi connectivity index (χ1) is 4.67. The molecule has 0 amide bonds. The summed E-state index contributed by atoms with van der Waals surface area (Å²) in [5.74, 6) is 4.98. The lowest BCUT2D eigenvalue weighted by molar-refractivity contribution is -0.880. The first-order valence-electron chi connectivity index (χ1n) is 4.07. The first-order valence-corrected chi connectivity index (χ1v) is 5.23. The molecule has 2 heteroatoms. The first kappa shape index (κ1) is 6.99. The van der Waals surface area contributed by atoms with Gasteiger partial charge in [-0.3, -0.25) is 0 Å². The van der Waals surface area contributed by atoms with Crippen molar-refractivity contribution in [2.75, 3.05) is 38.7 Å². The van der Waals surface area contributed by atoms with E-state index in [4.69, 9.17) is 0 Å². The van der Waals surface area contributed by atoms with E-state index in [1.807, 2.05) is 0 Å². The molecule has 0 aromatic carbocycles. The topological polar surface area (TPSA) is 0 Å². The average molecular weight is 158 g/mol. The van der Waals surface area contributed by atoms with Crippen molar-refractivity contribution in [3.8, 4) is 0 Å². The van der Waals surface area contributed by atoms with Crippen molar-refractivity contribution >= 4 is 11.8 Å². The van der Waals surface area contributed by atoms with Crippen LogP contribution < -0.4 is 0 Å². The second-order valence-corrected chi connectivity index (χ2v) is 5.43. The van der Waals surface area contributed by atoms with E-state index >= 15 is 0 Å². The Balaban J connectivity index is 2.07. The van der Waals surface area contributed by atoms with Crippen molar-refractivity contribution < 1.29 is 4.48 Å². The van der Waals surface area contributed by atoms with Crippen LogP contribution in [0.1, 0.15) is 0 Å². The third kappa shape index (κ3) is 1.08. The minimum absolute atomic E-state index is 1.06. The van der Waals surface area contributed by atoms with Crippen LogP contribution in [-0.4, -0.2) is 43.2 Å². The highest BCUT2D eigenvalue weighted by Crippen LogP contribution is 2.37. The van der Waals surface area contributed by atoms with Gasteiger partial charge in [-0.1, -0.05) is 0 Å². The van der Waals surface area contributed by atoms with Gasteiger partial charge in [0, 0.05) is 23.3 Å². The number of likely N-dealkylation sites (tertiary alicyclic amines) is 1. The van der Waals surface area contributed by atoms with Gasteiger partial charge in [-0.05, 0) is 0 Å². The van der Waals surface area contributed by atoms with Gasteiger partial charge in [-0.2, -0.15) is 11.8 Å². The van der Waals surface area contributed by atoms with Gasteiger partial charge in [0.25, 0.3) is 0 Å². The lowest BCUT2D eigenvalue weighted by Gasteiger charge is -2.24. The number of hydrogen-bond acceptors (Lipinski definition) is 1. The highest BCUT2D eigenvalue weighted by atomic mass is 32.2. The maximum atomic E-state index is 2.36. The van der Waals surface area contributed by atoms with Crippen LogP contribution in [0.4, 0.5) is 0 Å². The molecule has 2 unspecified atom stereocenters. The van der Waals surface area contributed by atoms with Gasteiger partial charge in [-0.15, -0.1) is 0 Å². The Labute approximate surface area is 67.4 Å². The molecule has 1 nitrogen and oxygen atoms in total. The Hall–Kier alpha value is 0.310. The van der Waals surface area contributed by atoms with E-state index < -0.39 is 0 Å². The Morgan fingerprint density at radius 2 is 1.60 bits per heavy atom. The number of thioether (sulfide) groups is 1. The van der Waals surface area contributed by atoms with Gasteiger partial charge in [0.1, 0.15) is 0 Å². The van der Waals surface area contributed by atoms with Gasteiger partial charge < -0.3 is 4.48 Å². The van der Waals surface area contributed by atoms with E-state index in [1.165, 1.54) is 29.1 Å². The molecule has 2 heterocycles. The molecule has 2 atom stereocenters. The van der Waals surface area contributed by atoms with Crippen LogP contribution in [0.3, 0.4) is 0 Å². The van der Waals surface area contributed by atoms with E-state index in [9.17, 15) is 0 Å². The smallest absolute Gasteiger partial charge is 0.0824 e. The number of rotatable bonds is 0. The molecule has 2 fully saturated rings. The van der Waals surface area contributed by atoms with Gasteiger partial charge in [0.05, 0.1) is 27.2 Å². The molecule has 0 aliphatic carbocycles. The zero-order chi connectivity index (χ0) is 7.19. The summed E-state index contributed by atoms with van der Waals surface area (Å²) in [6.45, 7) is 2.86. The normalized spacial score (nSPS) is 43.8. The van der Waals surface area contributed by atoms with Crippen LogP contribution in [0, 0.1) is 11.8 Å². The van der Waals surface area contributed by atoms with E-state index in [-0.39, 0.29) is 0 Å². The molecular weight excluding hydrogens is 142 g/mol. The lowest BCUT2D eigenvalue weighted by Crippen LogP contribution is -2.37. The van der Waals surface area contributed by atoms with Crippen LogP contribution in [0.25, 0.3) is 0 Å². The highest BCUT2D eigenvalue weighted by Gasteiger charge is 2.42. The fourth-order valence-electron chi connectivity index (χ4n) is 2.39. The molecule has 2 aliphatic heterocycles. The Bertz CT molecular complexity index is 130. The minimum Gasteiger partial charge on any atom is -0.328 e. The summed E-state index contributed by atoms with van der Waals surface area (Å²) in [4.78, 5) is 0. The molecule has 0 saturated carbocycles. The standard InChI is InChI=1S/C8H16NS/c1-9(2)3-7-5-10-6-8(7)4-9/h7-8H,3-6H2,1-2H3/q+1. The SMILES string of the molecule is C[N+]1(C)CC2CSCC2C1. The summed E-state index contributed by atoms with van der Waals surface area (Å²) in [5, 5.41) is 0. The van der Waals surface area contributed by atoms with Gasteiger partial charge >= 0.3 is 0 Å². The molecule has 0 aromatic rings. The summed E-state index contributed by atoms with van der Waals surface area (Å²) in [6, 6.07) is 0. The second-order valence-electron chi connectivity index (χ2n) is 4.36. The third-order valence-corrected chi connectivity index (χ3v) is 4.12. The predicted molar refractivity (Wildman–Crippen MR) is 46.1 cm³/mol. The van der Waals surface area contributed by atoms with E-state index in [0.717, 1.165) is 11.8 Å². The number of quaternary nitrogens is 1. The summed E-state index contributed by atoms with van der Waals surface area (Å²) in [7, 11) is 4.73. The van der Waals surface area contributed by atoms with Crippen molar-refractivity contribution in [3.05, 3.63) is 0 Å². The quantitative estimate of drug-likeness (QED) is 0.475. The van der Waals surface area contributed by atoms with Crippen LogP contribution >= 0.6 is 11.8 Å². The van der Waals surface area contributed by atoms with Gasteiger partial charge in [0.2, 0.25) is 0 Å². The van der Waals surface area contributed by atoms with Gasteiger partial charge in [-0.25, -0.2) is 0 Å². The monoisotopic (exact) mass is 158 g/mol. The summed E-state index contributed by atoms with van der Waals surface area (Å²) in [5.41, 5.74) is 0. The number of hydrogen-bond donors (Lipinski definition) is 0. The molecule has 10 heavy (non-hydrogen) atoms. The van der Waals surface area contributed by atoms with Gasteiger partial charge in [0.15, 0.2) is 0 Å². The molecule has 0 spiro atoms. The van der Waals surface area contributed by atoms with Crippen molar-refractivity contribution in [1.82, 2.24) is 0 Å². The van der Waals surface area contributed by atoms with E-state index in [0.29, 0.717) is 0 Å². The third-order valence-electron chi connectivity index (χ3n) is 2.79. The molecule has 0 radical (unpaired) electrons. The highest BCUT2D eigenvalue weighted by molar-refractivity contribution is 7.99. The Morgan fingerprint density at radius 3 is 2.10 bits per heavy atom. The van der Waals surface area contributed by atoms with Crippen molar-refractivity contribution in [1.29, 1.82) is 0 Å². The van der Waals surface area contributed by atoms with Crippen molar-refractivity contribution in [2.45, 2.75) is 0 Å². The zero-order valence-electron chi connectivity index (χ0n) is 6.84. The fraction of sp³-hybridized carbons (Fsp3) is 1.00. The molecule has 0 bridgehead atoms. The summed E-state index contributed by atoms with van der Waals surface area (Å²) < 4.78 is 1.27. The molecule has 58 valence electrons. The van der Waals surface area contributed by atoms with Crippen LogP contribution in [0.5, 0.6) is 0 Å². The Morgan fingerprint density at radius 1 is 1.10 bits per heavy atom. The number of nitrogens with zero attached hydrogens (tertiary/aromatic N) is 1. The predicted octanol–water partition coefficient (Wildman–Crippen LogP) is 1.06. The van der Waals surface area contributed by atoms with Crippen molar-refractivity contribution in [2.24, 2.45) is 11.8 Å². The molecule has 2 aliphatic rings. The zero-order valence-corrected chi connectivity index (χ0v) is 7.66. The average Bonchev–Trinajstić information content (AvgIpc) is 2.20. The molecular formula is C8H16NS+. The number of fused-ring (bicyclic) bond motifs is 1. The van der Waals surface area contributed by atoms with E-state index in [1.54, 1.807) is 0 Å². The van der Waals surface area contributed by atoms with Crippen LogP contribution in [-0.2, 0) is 0 Å². The lowest BCUT2D eigenvalue weighted by atomic mass is 10.0. The summed E-state index contributed by atoms with van der Waals surface area (Å²) in [6.07, 6.45) is 0. The molecule has 2 saturated heterocycles. The molecule has 2 rings (SSSR count). The maximum Gasteiger partial charge on any atom is 0.0824 e. The van der Waals surface area contributed by atoms with Crippen LogP contribution in [0.2, 0.25) is 0 Å². The largest absolute Gasteiger partial charge is 0.328 e. The minimum atomic E-state index is 1.06. The molecule has 0 aromatic heterocycles. The van der Waals surface area contributed by atoms with Crippen LogP contribution in [0.15, 0.2) is 0 Å². The fourth-order valence-corrected chi connectivity index (χ4v) is 3.89. The Kier molecular flexibility index (Phi) is 1.50. The summed E-state index contributed by atoms with van der Waals surface area (Å²) >= 11 is 2.16. The van der Waals surface area contributed by atoms with E-state index in [2.05, 4.69) is 25.9 Å². The van der Waals surface area contributed by atoms with Crippen molar-refractivity contribution in [3.63, 3.8) is 0 Å². The molecule has 0 N–H and O–H groups in total. The maximum absolute atomic E-state index is 2.36. The second kappa shape index (κ2) is 2.15.